The lowest BCUT2D eigenvalue weighted by Gasteiger charge is -2.27. The number of benzene rings is 1. The first-order chi connectivity index (χ1) is 11.0. The molecule has 0 saturated carbocycles. The van der Waals surface area contributed by atoms with E-state index in [-0.39, 0.29) is 11.8 Å². The van der Waals surface area contributed by atoms with Gasteiger partial charge in [-0.2, -0.15) is 0 Å². The molecular formula is C17H24N2O4. The van der Waals surface area contributed by atoms with Gasteiger partial charge in [0.15, 0.2) is 11.5 Å². The highest BCUT2D eigenvalue weighted by atomic mass is 16.5. The van der Waals surface area contributed by atoms with Gasteiger partial charge in [-0.3, -0.25) is 9.59 Å². The van der Waals surface area contributed by atoms with Crippen LogP contribution < -0.4 is 20.1 Å². The van der Waals surface area contributed by atoms with E-state index in [4.69, 9.17) is 9.47 Å². The zero-order valence-electron chi connectivity index (χ0n) is 13.7. The number of ether oxygens (including phenoxy) is 2. The summed E-state index contributed by atoms with van der Waals surface area (Å²) in [5, 5.41) is 5.65. The average molecular weight is 320 g/mol. The molecule has 0 aromatic heterocycles. The number of carbonyl (C=O) groups is 2. The van der Waals surface area contributed by atoms with Crippen LogP contribution in [0.1, 0.15) is 32.6 Å². The molecule has 0 radical (unpaired) electrons. The summed E-state index contributed by atoms with van der Waals surface area (Å²) < 4.78 is 10.8. The molecular weight excluding hydrogens is 296 g/mol. The Balaban J connectivity index is 1.81. The van der Waals surface area contributed by atoms with Crippen molar-refractivity contribution in [3.05, 3.63) is 24.3 Å². The van der Waals surface area contributed by atoms with E-state index >= 15 is 0 Å². The monoisotopic (exact) mass is 320 g/mol. The molecule has 126 valence electrons. The van der Waals surface area contributed by atoms with Gasteiger partial charge >= 0.3 is 0 Å². The van der Waals surface area contributed by atoms with Crippen molar-refractivity contribution in [2.24, 2.45) is 0 Å². The van der Waals surface area contributed by atoms with Crippen LogP contribution in [0.4, 0.5) is 0 Å². The number of methoxy groups -OCH3 is 1. The highest BCUT2D eigenvalue weighted by Gasteiger charge is 2.35. The zero-order valence-corrected chi connectivity index (χ0v) is 13.7. The van der Waals surface area contributed by atoms with Gasteiger partial charge in [0.1, 0.15) is 12.1 Å². The third-order valence-electron chi connectivity index (χ3n) is 3.96. The number of para-hydroxylation sites is 2. The first-order valence-corrected chi connectivity index (χ1v) is 7.90. The fourth-order valence-corrected chi connectivity index (χ4v) is 2.63. The smallest absolute Gasteiger partial charge is 0.245 e. The minimum Gasteiger partial charge on any atom is -0.493 e. The fraction of sp³-hybridized carbons (Fsp3) is 0.529. The van der Waals surface area contributed by atoms with E-state index in [1.54, 1.807) is 14.0 Å². The summed E-state index contributed by atoms with van der Waals surface area (Å²) in [5.74, 6) is 1.06. The standard InChI is InChI=1S/C17H24N2O4/c1-17(10-6-5-9-15(20)19-17)16(21)18-11-12-23-14-8-4-3-7-13(14)22-2/h3-4,7-8H,5-6,9-12H2,1-2H3,(H,18,21)(H,19,20). The van der Waals surface area contributed by atoms with E-state index in [1.165, 1.54) is 0 Å². The lowest BCUT2D eigenvalue weighted by molar-refractivity contribution is -0.132. The Morgan fingerprint density at radius 2 is 2.04 bits per heavy atom. The number of carbonyl (C=O) groups excluding carboxylic acids is 2. The summed E-state index contributed by atoms with van der Waals surface area (Å²) in [6.45, 7) is 2.46. The SMILES string of the molecule is COc1ccccc1OCCNC(=O)C1(C)CCCCC(=O)N1. The molecule has 1 aromatic carbocycles. The molecule has 1 unspecified atom stereocenters. The van der Waals surface area contributed by atoms with E-state index in [9.17, 15) is 9.59 Å². The zero-order chi connectivity index (χ0) is 16.7. The predicted molar refractivity (Wildman–Crippen MR) is 86.5 cm³/mol. The number of nitrogens with one attached hydrogen (secondary N) is 2. The van der Waals surface area contributed by atoms with E-state index < -0.39 is 5.54 Å². The first-order valence-electron chi connectivity index (χ1n) is 7.90. The van der Waals surface area contributed by atoms with Crippen molar-refractivity contribution in [2.45, 2.75) is 38.1 Å². The summed E-state index contributed by atoms with van der Waals surface area (Å²) in [5.41, 5.74) is -0.835. The summed E-state index contributed by atoms with van der Waals surface area (Å²) in [6, 6.07) is 7.35. The molecule has 23 heavy (non-hydrogen) atoms. The number of rotatable bonds is 6. The summed E-state index contributed by atoms with van der Waals surface area (Å²) in [7, 11) is 1.58. The molecule has 1 saturated heterocycles. The first kappa shape index (κ1) is 17.1. The second-order valence-corrected chi connectivity index (χ2v) is 5.84. The third kappa shape index (κ3) is 4.61. The predicted octanol–water partition coefficient (Wildman–Crippen LogP) is 1.64. The minimum atomic E-state index is -0.835. The molecule has 1 aromatic rings. The minimum absolute atomic E-state index is 0.0644. The number of hydrogen-bond acceptors (Lipinski definition) is 4. The fourth-order valence-electron chi connectivity index (χ4n) is 2.63. The van der Waals surface area contributed by atoms with Crippen LogP contribution in [0.15, 0.2) is 24.3 Å². The van der Waals surface area contributed by atoms with Crippen molar-refractivity contribution in [3.63, 3.8) is 0 Å². The molecule has 1 atom stereocenters. The van der Waals surface area contributed by atoms with Crippen LogP contribution in [0.5, 0.6) is 11.5 Å². The molecule has 0 aliphatic carbocycles. The highest BCUT2D eigenvalue weighted by Crippen LogP contribution is 2.25. The maximum absolute atomic E-state index is 12.3. The van der Waals surface area contributed by atoms with Gasteiger partial charge in [0.2, 0.25) is 11.8 Å². The van der Waals surface area contributed by atoms with Crippen molar-refractivity contribution in [1.82, 2.24) is 10.6 Å². The van der Waals surface area contributed by atoms with E-state index in [0.29, 0.717) is 37.5 Å². The van der Waals surface area contributed by atoms with Crippen LogP contribution in [0, 0.1) is 0 Å². The molecule has 1 heterocycles. The molecule has 1 aliphatic heterocycles. The van der Waals surface area contributed by atoms with Crippen LogP contribution in [-0.4, -0.2) is 37.6 Å². The van der Waals surface area contributed by atoms with Gasteiger partial charge in [-0.1, -0.05) is 18.6 Å². The maximum Gasteiger partial charge on any atom is 0.245 e. The van der Waals surface area contributed by atoms with Gasteiger partial charge in [0.05, 0.1) is 13.7 Å². The molecule has 6 nitrogen and oxygen atoms in total. The lowest BCUT2D eigenvalue weighted by Crippen LogP contribution is -2.56. The Kier molecular flexibility index (Phi) is 5.84. The van der Waals surface area contributed by atoms with Crippen LogP contribution in [0.25, 0.3) is 0 Å². The van der Waals surface area contributed by atoms with Crippen LogP contribution in [0.3, 0.4) is 0 Å². The van der Waals surface area contributed by atoms with E-state index in [0.717, 1.165) is 12.8 Å². The van der Waals surface area contributed by atoms with Crippen molar-refractivity contribution >= 4 is 11.8 Å². The molecule has 0 bridgehead atoms. The van der Waals surface area contributed by atoms with Gasteiger partial charge in [-0.15, -0.1) is 0 Å². The second-order valence-electron chi connectivity index (χ2n) is 5.84. The van der Waals surface area contributed by atoms with Crippen LogP contribution in [-0.2, 0) is 9.59 Å². The Morgan fingerprint density at radius 1 is 1.30 bits per heavy atom. The largest absolute Gasteiger partial charge is 0.493 e. The molecule has 2 N–H and O–H groups in total. The van der Waals surface area contributed by atoms with Gasteiger partial charge in [-0.25, -0.2) is 0 Å². The Morgan fingerprint density at radius 3 is 2.78 bits per heavy atom. The molecule has 2 amide bonds. The molecule has 2 rings (SSSR count). The van der Waals surface area contributed by atoms with Gasteiger partial charge in [0.25, 0.3) is 0 Å². The highest BCUT2D eigenvalue weighted by molar-refractivity contribution is 5.91. The number of amides is 2. The third-order valence-corrected chi connectivity index (χ3v) is 3.96. The Bertz CT molecular complexity index is 561. The van der Waals surface area contributed by atoms with Gasteiger partial charge in [0, 0.05) is 6.42 Å². The van der Waals surface area contributed by atoms with Crippen molar-refractivity contribution in [1.29, 1.82) is 0 Å². The molecule has 1 aliphatic rings. The maximum atomic E-state index is 12.3. The van der Waals surface area contributed by atoms with Gasteiger partial charge < -0.3 is 20.1 Å². The average Bonchev–Trinajstić information content (AvgIpc) is 2.73. The van der Waals surface area contributed by atoms with E-state index in [2.05, 4.69) is 10.6 Å². The van der Waals surface area contributed by atoms with Crippen LogP contribution >= 0.6 is 0 Å². The Hall–Kier alpha value is -2.24. The molecule has 1 fully saturated rings. The van der Waals surface area contributed by atoms with E-state index in [1.807, 2.05) is 24.3 Å². The van der Waals surface area contributed by atoms with Gasteiger partial charge in [-0.05, 0) is 31.9 Å². The van der Waals surface area contributed by atoms with Crippen LogP contribution in [0.2, 0.25) is 0 Å². The topological polar surface area (TPSA) is 76.7 Å². The second kappa shape index (κ2) is 7.85. The molecule has 0 spiro atoms. The summed E-state index contributed by atoms with van der Waals surface area (Å²) in [6.07, 6.45) is 2.82. The number of hydrogen-bond donors (Lipinski definition) is 2. The van der Waals surface area contributed by atoms with Crippen molar-refractivity contribution in [3.8, 4) is 11.5 Å². The van der Waals surface area contributed by atoms with Crippen molar-refractivity contribution in [2.75, 3.05) is 20.3 Å². The quantitative estimate of drug-likeness (QED) is 0.781. The lowest BCUT2D eigenvalue weighted by atomic mass is 9.95. The Labute approximate surface area is 136 Å². The summed E-state index contributed by atoms with van der Waals surface area (Å²) >= 11 is 0. The summed E-state index contributed by atoms with van der Waals surface area (Å²) in [4.78, 5) is 24.0. The normalized spacial score (nSPS) is 21.0. The van der Waals surface area contributed by atoms with Crippen molar-refractivity contribution < 1.29 is 19.1 Å². The molecule has 6 heteroatoms.